The van der Waals surface area contributed by atoms with Gasteiger partial charge in [0.15, 0.2) is 0 Å². The number of nitro benzene ring substituents is 1. The van der Waals surface area contributed by atoms with Gasteiger partial charge in [0, 0.05) is 25.7 Å². The average molecular weight is 260 g/mol. The minimum Gasteiger partial charge on any atom is -0.383 e. The third-order valence-corrected chi connectivity index (χ3v) is 2.24. The van der Waals surface area contributed by atoms with E-state index in [0.29, 0.717) is 18.3 Å². The predicted octanol–water partition coefficient (Wildman–Crippen LogP) is 2.56. The summed E-state index contributed by atoms with van der Waals surface area (Å²) in [7, 11) is 1.67. The van der Waals surface area contributed by atoms with Gasteiger partial charge in [0.25, 0.3) is 5.69 Å². The molecule has 0 heterocycles. The van der Waals surface area contributed by atoms with E-state index in [1.165, 1.54) is 0 Å². The maximum absolute atomic E-state index is 10.8. The number of nitrogens with zero attached hydrogens (tertiary/aromatic N) is 1. The minimum absolute atomic E-state index is 0. The van der Waals surface area contributed by atoms with E-state index < -0.39 is 0 Å². The Labute approximate surface area is 107 Å². The first-order chi connectivity index (χ1) is 7.54. The summed E-state index contributed by atoms with van der Waals surface area (Å²) < 4.78 is 0. The number of nitrogens with one attached hydrogen (secondary N) is 2. The van der Waals surface area contributed by atoms with E-state index in [-0.39, 0.29) is 23.0 Å². The van der Waals surface area contributed by atoms with Crippen LogP contribution in [0, 0.1) is 10.1 Å². The summed E-state index contributed by atoms with van der Waals surface area (Å²) in [5, 5.41) is 16.8. The molecule has 96 valence electrons. The van der Waals surface area contributed by atoms with E-state index in [0.717, 1.165) is 5.56 Å². The van der Waals surface area contributed by atoms with Gasteiger partial charge in [-0.25, -0.2) is 0 Å². The van der Waals surface area contributed by atoms with Gasteiger partial charge in [-0.05, 0) is 11.6 Å². The van der Waals surface area contributed by atoms with E-state index in [2.05, 4.69) is 10.6 Å². The molecule has 0 aliphatic rings. The van der Waals surface area contributed by atoms with Crippen molar-refractivity contribution in [2.45, 2.75) is 26.4 Å². The Morgan fingerprint density at radius 1 is 1.41 bits per heavy atom. The van der Waals surface area contributed by atoms with Gasteiger partial charge in [0.1, 0.15) is 5.69 Å². The molecule has 0 amide bonds. The Morgan fingerprint density at radius 2 is 2.06 bits per heavy atom. The summed E-state index contributed by atoms with van der Waals surface area (Å²) in [4.78, 5) is 10.4. The van der Waals surface area contributed by atoms with Gasteiger partial charge >= 0.3 is 0 Å². The Kier molecular flexibility index (Phi) is 6.53. The standard InChI is InChI=1S/C11H17N3O2.ClH/c1-8(2)13-7-9-4-5-10(12-3)11(6-9)14(15)16;/h4-6,8,12-13H,7H2,1-3H3;1H. The molecule has 0 fully saturated rings. The first-order valence-corrected chi connectivity index (χ1v) is 5.23. The first-order valence-electron chi connectivity index (χ1n) is 5.23. The molecule has 0 saturated heterocycles. The van der Waals surface area contributed by atoms with Crippen molar-refractivity contribution in [1.82, 2.24) is 5.32 Å². The maximum Gasteiger partial charge on any atom is 0.292 e. The van der Waals surface area contributed by atoms with Crippen LogP contribution in [-0.2, 0) is 6.54 Å². The van der Waals surface area contributed by atoms with Crippen molar-refractivity contribution in [1.29, 1.82) is 0 Å². The van der Waals surface area contributed by atoms with Crippen LogP contribution in [0.2, 0.25) is 0 Å². The normalized spacial score (nSPS) is 9.88. The summed E-state index contributed by atoms with van der Waals surface area (Å²) in [5.41, 5.74) is 1.57. The summed E-state index contributed by atoms with van der Waals surface area (Å²) in [6.07, 6.45) is 0. The van der Waals surface area contributed by atoms with Gasteiger partial charge in [-0.15, -0.1) is 12.4 Å². The lowest BCUT2D eigenvalue weighted by Crippen LogP contribution is -2.21. The molecule has 0 saturated carbocycles. The summed E-state index contributed by atoms with van der Waals surface area (Å²) >= 11 is 0. The molecule has 0 spiro atoms. The summed E-state index contributed by atoms with van der Waals surface area (Å²) in [6, 6.07) is 5.58. The smallest absolute Gasteiger partial charge is 0.292 e. The van der Waals surface area contributed by atoms with Crippen LogP contribution >= 0.6 is 12.4 Å². The number of hydrogen-bond acceptors (Lipinski definition) is 4. The van der Waals surface area contributed by atoms with Crippen LogP contribution in [0.15, 0.2) is 18.2 Å². The van der Waals surface area contributed by atoms with Crippen LogP contribution in [0.25, 0.3) is 0 Å². The minimum atomic E-state index is -0.370. The fraction of sp³-hybridized carbons (Fsp3) is 0.455. The molecule has 0 unspecified atom stereocenters. The SMILES string of the molecule is CNc1ccc(CNC(C)C)cc1[N+](=O)[O-].Cl. The highest BCUT2D eigenvalue weighted by atomic mass is 35.5. The van der Waals surface area contributed by atoms with Crippen molar-refractivity contribution in [2.75, 3.05) is 12.4 Å². The highest BCUT2D eigenvalue weighted by Crippen LogP contribution is 2.24. The third-order valence-electron chi connectivity index (χ3n) is 2.24. The molecule has 5 nitrogen and oxygen atoms in total. The lowest BCUT2D eigenvalue weighted by atomic mass is 10.1. The second-order valence-corrected chi connectivity index (χ2v) is 3.89. The Balaban J connectivity index is 0.00000256. The second kappa shape index (κ2) is 7.09. The van der Waals surface area contributed by atoms with E-state index in [1.807, 2.05) is 19.9 Å². The van der Waals surface area contributed by atoms with Gasteiger partial charge in [0.2, 0.25) is 0 Å². The van der Waals surface area contributed by atoms with Crippen LogP contribution in [0.5, 0.6) is 0 Å². The highest BCUT2D eigenvalue weighted by molar-refractivity contribution is 5.85. The molecule has 1 aromatic rings. The molecular formula is C11H18ClN3O2. The van der Waals surface area contributed by atoms with Crippen molar-refractivity contribution in [3.05, 3.63) is 33.9 Å². The summed E-state index contributed by atoms with van der Waals surface area (Å²) in [5.74, 6) is 0. The monoisotopic (exact) mass is 259 g/mol. The molecule has 0 atom stereocenters. The first kappa shape index (κ1) is 15.7. The van der Waals surface area contributed by atoms with E-state index in [4.69, 9.17) is 0 Å². The van der Waals surface area contributed by atoms with Crippen LogP contribution in [0.4, 0.5) is 11.4 Å². The molecule has 0 aliphatic heterocycles. The molecule has 0 aromatic heterocycles. The Morgan fingerprint density at radius 3 is 2.53 bits per heavy atom. The maximum atomic E-state index is 10.8. The van der Waals surface area contributed by atoms with Crippen LogP contribution in [0.1, 0.15) is 19.4 Å². The molecule has 2 N–H and O–H groups in total. The quantitative estimate of drug-likeness (QED) is 0.630. The molecule has 1 aromatic carbocycles. The number of benzene rings is 1. The van der Waals surface area contributed by atoms with Gasteiger partial charge in [0.05, 0.1) is 4.92 Å². The van der Waals surface area contributed by atoms with E-state index >= 15 is 0 Å². The van der Waals surface area contributed by atoms with Gasteiger partial charge in [-0.3, -0.25) is 10.1 Å². The highest BCUT2D eigenvalue weighted by Gasteiger charge is 2.13. The van der Waals surface area contributed by atoms with Crippen LogP contribution in [-0.4, -0.2) is 18.0 Å². The van der Waals surface area contributed by atoms with E-state index in [9.17, 15) is 10.1 Å². The molecule has 0 bridgehead atoms. The zero-order chi connectivity index (χ0) is 12.1. The molecule has 17 heavy (non-hydrogen) atoms. The number of rotatable bonds is 5. The molecule has 0 aliphatic carbocycles. The lowest BCUT2D eigenvalue weighted by molar-refractivity contribution is -0.384. The van der Waals surface area contributed by atoms with Crippen molar-refractivity contribution in [3.8, 4) is 0 Å². The predicted molar refractivity (Wildman–Crippen MR) is 71.9 cm³/mol. The number of anilines is 1. The van der Waals surface area contributed by atoms with Gasteiger partial charge < -0.3 is 10.6 Å². The second-order valence-electron chi connectivity index (χ2n) is 3.89. The van der Waals surface area contributed by atoms with Crippen molar-refractivity contribution in [2.24, 2.45) is 0 Å². The zero-order valence-electron chi connectivity index (χ0n) is 10.2. The third kappa shape index (κ3) is 4.58. The number of hydrogen-bond donors (Lipinski definition) is 2. The lowest BCUT2D eigenvalue weighted by Gasteiger charge is -2.09. The van der Waals surface area contributed by atoms with Gasteiger partial charge in [-0.2, -0.15) is 0 Å². The molecule has 1 rings (SSSR count). The topological polar surface area (TPSA) is 67.2 Å². The van der Waals surface area contributed by atoms with Gasteiger partial charge in [-0.1, -0.05) is 19.9 Å². The fourth-order valence-corrected chi connectivity index (χ4v) is 1.37. The van der Waals surface area contributed by atoms with Crippen molar-refractivity contribution < 1.29 is 4.92 Å². The van der Waals surface area contributed by atoms with Crippen LogP contribution < -0.4 is 10.6 Å². The fourth-order valence-electron chi connectivity index (χ4n) is 1.37. The molecular weight excluding hydrogens is 242 g/mol. The molecule has 6 heteroatoms. The van der Waals surface area contributed by atoms with Crippen LogP contribution in [0.3, 0.4) is 0 Å². The Bertz CT molecular complexity index is 383. The summed E-state index contributed by atoms with van der Waals surface area (Å²) in [6.45, 7) is 4.72. The van der Waals surface area contributed by atoms with Crippen molar-refractivity contribution >= 4 is 23.8 Å². The average Bonchev–Trinajstić information content (AvgIpc) is 2.25. The zero-order valence-corrected chi connectivity index (χ0v) is 11.0. The molecule has 0 radical (unpaired) electrons. The largest absolute Gasteiger partial charge is 0.383 e. The number of nitro groups is 1. The van der Waals surface area contributed by atoms with E-state index in [1.54, 1.807) is 19.2 Å². The Hall–Kier alpha value is -1.33. The van der Waals surface area contributed by atoms with Crippen molar-refractivity contribution in [3.63, 3.8) is 0 Å². The number of halogens is 1.